The molecule has 2 rings (SSSR count). The fourth-order valence-corrected chi connectivity index (χ4v) is 3.39. The molecule has 0 fully saturated rings. The van der Waals surface area contributed by atoms with Crippen LogP contribution in [0.1, 0.15) is 25.1 Å². The molecule has 1 aromatic carbocycles. The van der Waals surface area contributed by atoms with E-state index in [-0.39, 0.29) is 0 Å². The second kappa shape index (κ2) is 7.77. The molecule has 0 aliphatic rings. The molecule has 3 heteroatoms. The second-order valence-corrected chi connectivity index (χ2v) is 6.68. The summed E-state index contributed by atoms with van der Waals surface area (Å²) >= 11 is 5.38. The Morgan fingerprint density at radius 2 is 2.10 bits per heavy atom. The van der Waals surface area contributed by atoms with Crippen LogP contribution in [0.15, 0.2) is 46.4 Å². The van der Waals surface area contributed by atoms with Crippen LogP contribution in [0, 0.1) is 0 Å². The Morgan fingerprint density at radius 1 is 1.25 bits per heavy atom. The summed E-state index contributed by atoms with van der Waals surface area (Å²) in [4.78, 5) is 2.64. The van der Waals surface area contributed by atoms with Gasteiger partial charge in [-0.2, -0.15) is 0 Å². The summed E-state index contributed by atoms with van der Waals surface area (Å²) in [7, 11) is 0. The normalized spacial score (nSPS) is 11.8. The topological polar surface area (TPSA) is 12.0 Å². The fourth-order valence-electron chi connectivity index (χ4n) is 1.99. The van der Waals surface area contributed by atoms with E-state index in [1.165, 1.54) is 20.9 Å². The Hall–Kier alpha value is -0.900. The van der Waals surface area contributed by atoms with Gasteiger partial charge in [0, 0.05) is 20.8 Å². The zero-order valence-corrected chi connectivity index (χ0v) is 14.4. The van der Waals surface area contributed by atoms with Crippen LogP contribution in [0.3, 0.4) is 0 Å². The maximum absolute atomic E-state index is 3.53. The van der Waals surface area contributed by atoms with Gasteiger partial charge in [0.1, 0.15) is 0 Å². The molecule has 0 amide bonds. The van der Waals surface area contributed by atoms with Gasteiger partial charge in [-0.25, -0.2) is 0 Å². The summed E-state index contributed by atoms with van der Waals surface area (Å²) in [5.74, 6) is 0. The van der Waals surface area contributed by atoms with Crippen molar-refractivity contribution in [2.75, 3.05) is 13.1 Å². The van der Waals surface area contributed by atoms with Gasteiger partial charge in [0.05, 0.1) is 0 Å². The monoisotopic (exact) mass is 349 g/mol. The minimum absolute atomic E-state index is 0.983. The van der Waals surface area contributed by atoms with Gasteiger partial charge in [0.25, 0.3) is 0 Å². The van der Waals surface area contributed by atoms with Crippen molar-refractivity contribution in [3.05, 3.63) is 51.3 Å². The average Bonchev–Trinajstić information content (AvgIpc) is 2.92. The van der Waals surface area contributed by atoms with Crippen molar-refractivity contribution in [3.63, 3.8) is 0 Å². The molecule has 2 aromatic rings. The first-order valence-corrected chi connectivity index (χ1v) is 8.59. The molecule has 0 saturated heterocycles. The third-order valence-electron chi connectivity index (χ3n) is 3.14. The Balaban J connectivity index is 2.18. The predicted molar refractivity (Wildman–Crippen MR) is 94.3 cm³/mol. The van der Waals surface area contributed by atoms with Gasteiger partial charge in [-0.1, -0.05) is 47.5 Å². The molecule has 0 radical (unpaired) electrons. The van der Waals surface area contributed by atoms with E-state index in [9.17, 15) is 0 Å². The molecule has 1 N–H and O–H groups in total. The SMILES string of the molecule is CCNCC(=Cc1ccc(-c2cccc(Br)c2)s1)CC. The summed E-state index contributed by atoms with van der Waals surface area (Å²) in [6, 6.07) is 12.9. The minimum atomic E-state index is 0.983. The van der Waals surface area contributed by atoms with Gasteiger partial charge in [0.2, 0.25) is 0 Å². The largest absolute Gasteiger partial charge is 0.313 e. The number of thiophene rings is 1. The molecular formula is C17H20BrNS. The van der Waals surface area contributed by atoms with Crippen molar-refractivity contribution in [1.29, 1.82) is 0 Å². The third kappa shape index (κ3) is 4.30. The molecule has 0 spiro atoms. The maximum atomic E-state index is 3.53. The first-order chi connectivity index (χ1) is 9.72. The zero-order chi connectivity index (χ0) is 14.4. The summed E-state index contributed by atoms with van der Waals surface area (Å²) in [6.07, 6.45) is 3.41. The quantitative estimate of drug-likeness (QED) is 0.717. The number of halogens is 1. The highest BCUT2D eigenvalue weighted by atomic mass is 79.9. The van der Waals surface area contributed by atoms with Gasteiger partial charge in [-0.3, -0.25) is 0 Å². The predicted octanol–water partition coefficient (Wildman–Crippen LogP) is 5.58. The van der Waals surface area contributed by atoms with Gasteiger partial charge in [-0.15, -0.1) is 11.3 Å². The first-order valence-electron chi connectivity index (χ1n) is 6.99. The molecule has 0 aliphatic carbocycles. The van der Waals surface area contributed by atoms with E-state index in [1.807, 2.05) is 11.3 Å². The Labute approximate surface area is 133 Å². The smallest absolute Gasteiger partial charge is 0.0349 e. The number of hydrogen-bond donors (Lipinski definition) is 1. The number of rotatable bonds is 6. The number of benzene rings is 1. The minimum Gasteiger partial charge on any atom is -0.313 e. The van der Waals surface area contributed by atoms with Gasteiger partial charge in [0.15, 0.2) is 0 Å². The second-order valence-electron chi connectivity index (χ2n) is 4.65. The van der Waals surface area contributed by atoms with Gasteiger partial charge in [-0.05, 0) is 48.9 Å². The van der Waals surface area contributed by atoms with E-state index >= 15 is 0 Å². The van der Waals surface area contributed by atoms with Gasteiger partial charge < -0.3 is 5.32 Å². The van der Waals surface area contributed by atoms with E-state index in [0.29, 0.717) is 0 Å². The molecule has 0 unspecified atom stereocenters. The van der Waals surface area contributed by atoms with Crippen LogP contribution >= 0.6 is 27.3 Å². The van der Waals surface area contributed by atoms with Crippen molar-refractivity contribution in [1.82, 2.24) is 5.32 Å². The average molecular weight is 350 g/mol. The van der Waals surface area contributed by atoms with Crippen LogP contribution in [0.2, 0.25) is 0 Å². The fraction of sp³-hybridized carbons (Fsp3) is 0.294. The molecule has 0 bridgehead atoms. The number of hydrogen-bond acceptors (Lipinski definition) is 2. The number of likely N-dealkylation sites (N-methyl/N-ethyl adjacent to an activating group) is 1. The lowest BCUT2D eigenvalue weighted by molar-refractivity contribution is 0.762. The molecule has 0 atom stereocenters. The molecular weight excluding hydrogens is 330 g/mol. The van der Waals surface area contributed by atoms with Gasteiger partial charge >= 0.3 is 0 Å². The summed E-state index contributed by atoms with van der Waals surface area (Å²) in [5.41, 5.74) is 2.73. The Bertz CT molecular complexity index is 586. The number of nitrogens with one attached hydrogen (secondary N) is 1. The van der Waals surface area contributed by atoms with E-state index in [4.69, 9.17) is 0 Å². The van der Waals surface area contributed by atoms with Crippen molar-refractivity contribution < 1.29 is 0 Å². The molecule has 20 heavy (non-hydrogen) atoms. The third-order valence-corrected chi connectivity index (χ3v) is 4.71. The Kier molecular flexibility index (Phi) is 6.02. The van der Waals surface area contributed by atoms with Crippen molar-refractivity contribution in [2.45, 2.75) is 20.3 Å². The summed E-state index contributed by atoms with van der Waals surface area (Å²) in [6.45, 7) is 6.36. The lowest BCUT2D eigenvalue weighted by atomic mass is 10.1. The molecule has 1 heterocycles. The molecule has 1 aromatic heterocycles. The van der Waals surface area contributed by atoms with Crippen molar-refractivity contribution >= 4 is 33.3 Å². The molecule has 1 nitrogen and oxygen atoms in total. The highest BCUT2D eigenvalue weighted by Crippen LogP contribution is 2.31. The highest BCUT2D eigenvalue weighted by Gasteiger charge is 2.03. The van der Waals surface area contributed by atoms with E-state index in [0.717, 1.165) is 24.0 Å². The standard InChI is InChI=1S/C17H20BrNS/c1-3-13(12-19-4-2)10-16-8-9-17(20-16)14-6-5-7-15(18)11-14/h5-11,19H,3-4,12H2,1-2H3. The van der Waals surface area contributed by atoms with Crippen LogP contribution in [0.5, 0.6) is 0 Å². The maximum Gasteiger partial charge on any atom is 0.0349 e. The van der Waals surface area contributed by atoms with E-state index in [2.05, 4.69) is 77.6 Å². The lowest BCUT2D eigenvalue weighted by Gasteiger charge is -2.04. The van der Waals surface area contributed by atoms with Crippen molar-refractivity contribution in [2.24, 2.45) is 0 Å². The van der Waals surface area contributed by atoms with Crippen LogP contribution in [-0.2, 0) is 0 Å². The first kappa shape index (κ1) is 15.5. The van der Waals surface area contributed by atoms with Crippen LogP contribution in [0.4, 0.5) is 0 Å². The highest BCUT2D eigenvalue weighted by molar-refractivity contribution is 9.10. The van der Waals surface area contributed by atoms with Crippen LogP contribution in [-0.4, -0.2) is 13.1 Å². The Morgan fingerprint density at radius 3 is 2.80 bits per heavy atom. The molecule has 0 saturated carbocycles. The van der Waals surface area contributed by atoms with E-state index in [1.54, 1.807) is 0 Å². The lowest BCUT2D eigenvalue weighted by Crippen LogP contribution is -2.15. The summed E-state index contributed by atoms with van der Waals surface area (Å²) < 4.78 is 1.13. The van der Waals surface area contributed by atoms with Crippen LogP contribution in [0.25, 0.3) is 16.5 Å². The molecule has 106 valence electrons. The van der Waals surface area contributed by atoms with E-state index < -0.39 is 0 Å². The van der Waals surface area contributed by atoms with Crippen molar-refractivity contribution in [3.8, 4) is 10.4 Å². The summed E-state index contributed by atoms with van der Waals surface area (Å²) in [5, 5.41) is 3.40. The zero-order valence-electron chi connectivity index (χ0n) is 11.9. The molecule has 0 aliphatic heterocycles. The van der Waals surface area contributed by atoms with Crippen LogP contribution < -0.4 is 5.32 Å².